The van der Waals surface area contributed by atoms with Gasteiger partial charge in [0.15, 0.2) is 0 Å². The molecule has 1 aliphatic heterocycles. The summed E-state index contributed by atoms with van der Waals surface area (Å²) in [5.41, 5.74) is 2.16. The number of piperidine rings is 1. The minimum Gasteiger partial charge on any atom is -0.370 e. The SMILES string of the molecule is CCCC(C)NC(=O)C1CCCN(c2ccnc3cc(Br)ccc23)C1. The third kappa shape index (κ3) is 4.32. The Kier molecular flexibility index (Phi) is 5.94. The normalized spacial score (nSPS) is 19.0. The Morgan fingerprint density at radius 2 is 2.28 bits per heavy atom. The van der Waals surface area contributed by atoms with Crippen LogP contribution in [0.3, 0.4) is 0 Å². The minimum atomic E-state index is 0.0618. The lowest BCUT2D eigenvalue weighted by Crippen LogP contribution is -2.45. The first-order valence-corrected chi connectivity index (χ1v) is 9.97. The molecule has 1 aliphatic rings. The van der Waals surface area contributed by atoms with E-state index >= 15 is 0 Å². The number of fused-ring (bicyclic) bond motifs is 1. The molecule has 1 saturated heterocycles. The van der Waals surface area contributed by atoms with Crippen molar-refractivity contribution in [2.75, 3.05) is 18.0 Å². The van der Waals surface area contributed by atoms with Crippen molar-refractivity contribution in [2.24, 2.45) is 5.92 Å². The molecule has 2 atom stereocenters. The smallest absolute Gasteiger partial charge is 0.225 e. The van der Waals surface area contributed by atoms with Crippen molar-refractivity contribution in [1.29, 1.82) is 0 Å². The molecule has 1 aromatic carbocycles. The number of nitrogens with one attached hydrogen (secondary N) is 1. The molecule has 1 amide bonds. The van der Waals surface area contributed by atoms with Crippen LogP contribution in [0.1, 0.15) is 39.5 Å². The van der Waals surface area contributed by atoms with Crippen molar-refractivity contribution < 1.29 is 4.79 Å². The Labute approximate surface area is 158 Å². The second-order valence-corrected chi connectivity index (χ2v) is 7.89. The maximum atomic E-state index is 12.6. The molecule has 2 aromatic rings. The van der Waals surface area contributed by atoms with Crippen molar-refractivity contribution in [2.45, 2.75) is 45.6 Å². The third-order valence-electron chi connectivity index (χ3n) is 4.92. The largest absolute Gasteiger partial charge is 0.370 e. The number of hydrogen-bond acceptors (Lipinski definition) is 3. The van der Waals surface area contributed by atoms with Crippen LogP contribution in [-0.4, -0.2) is 30.0 Å². The van der Waals surface area contributed by atoms with Gasteiger partial charge in [-0.1, -0.05) is 29.3 Å². The highest BCUT2D eigenvalue weighted by atomic mass is 79.9. The van der Waals surface area contributed by atoms with E-state index in [4.69, 9.17) is 0 Å². The zero-order valence-corrected chi connectivity index (χ0v) is 16.6. The van der Waals surface area contributed by atoms with Gasteiger partial charge in [0.1, 0.15) is 0 Å². The van der Waals surface area contributed by atoms with Crippen LogP contribution in [0.5, 0.6) is 0 Å². The predicted octanol–water partition coefficient (Wildman–Crippen LogP) is 4.52. The number of carbonyl (C=O) groups is 1. The van der Waals surface area contributed by atoms with Gasteiger partial charge >= 0.3 is 0 Å². The average Bonchev–Trinajstić information content (AvgIpc) is 2.61. The van der Waals surface area contributed by atoms with Gasteiger partial charge < -0.3 is 10.2 Å². The van der Waals surface area contributed by atoms with Crippen LogP contribution in [0.4, 0.5) is 5.69 Å². The van der Waals surface area contributed by atoms with Crippen molar-refractivity contribution in [1.82, 2.24) is 10.3 Å². The zero-order valence-electron chi connectivity index (χ0n) is 15.0. The zero-order chi connectivity index (χ0) is 17.8. The third-order valence-corrected chi connectivity index (χ3v) is 5.42. The molecule has 2 heterocycles. The molecule has 1 N–H and O–H groups in total. The standard InChI is InChI=1S/C20H26BrN3O/c1-3-5-14(2)23-20(25)15-6-4-11-24(13-15)19-9-10-22-18-12-16(21)7-8-17(18)19/h7-10,12,14-15H,3-6,11,13H2,1-2H3,(H,23,25). The van der Waals surface area contributed by atoms with Gasteiger partial charge in [-0.05, 0) is 50.5 Å². The van der Waals surface area contributed by atoms with E-state index in [0.717, 1.165) is 54.1 Å². The van der Waals surface area contributed by atoms with E-state index in [9.17, 15) is 4.79 Å². The van der Waals surface area contributed by atoms with Gasteiger partial charge in [-0.2, -0.15) is 0 Å². The predicted molar refractivity (Wildman–Crippen MR) is 107 cm³/mol. The minimum absolute atomic E-state index is 0.0618. The van der Waals surface area contributed by atoms with Crippen molar-refractivity contribution in [3.05, 3.63) is 34.9 Å². The summed E-state index contributed by atoms with van der Waals surface area (Å²) >= 11 is 3.51. The number of anilines is 1. The summed E-state index contributed by atoms with van der Waals surface area (Å²) in [7, 11) is 0. The van der Waals surface area contributed by atoms with Crippen LogP contribution >= 0.6 is 15.9 Å². The van der Waals surface area contributed by atoms with E-state index in [1.807, 2.05) is 18.3 Å². The van der Waals surface area contributed by atoms with E-state index in [0.29, 0.717) is 0 Å². The number of benzene rings is 1. The lowest BCUT2D eigenvalue weighted by Gasteiger charge is -2.34. The molecule has 0 aliphatic carbocycles. The Morgan fingerprint density at radius 1 is 1.44 bits per heavy atom. The molecular weight excluding hydrogens is 378 g/mol. The van der Waals surface area contributed by atoms with Crippen molar-refractivity contribution in [3.8, 4) is 0 Å². The number of amides is 1. The summed E-state index contributed by atoms with van der Waals surface area (Å²) in [4.78, 5) is 19.4. The summed E-state index contributed by atoms with van der Waals surface area (Å²) in [6.45, 7) is 6.01. The molecular formula is C20H26BrN3O. The molecule has 1 aromatic heterocycles. The fourth-order valence-corrected chi connectivity index (χ4v) is 4.01. The number of pyridine rings is 1. The van der Waals surface area contributed by atoms with E-state index in [1.54, 1.807) is 0 Å². The van der Waals surface area contributed by atoms with E-state index in [2.05, 4.69) is 57.1 Å². The first-order chi connectivity index (χ1) is 12.1. The maximum Gasteiger partial charge on any atom is 0.225 e. The molecule has 1 fully saturated rings. The number of hydrogen-bond donors (Lipinski definition) is 1. The van der Waals surface area contributed by atoms with Crippen LogP contribution in [-0.2, 0) is 4.79 Å². The lowest BCUT2D eigenvalue weighted by atomic mass is 9.95. The summed E-state index contributed by atoms with van der Waals surface area (Å²) in [6.07, 6.45) is 6.00. The monoisotopic (exact) mass is 403 g/mol. The first-order valence-electron chi connectivity index (χ1n) is 9.18. The molecule has 134 valence electrons. The highest BCUT2D eigenvalue weighted by molar-refractivity contribution is 9.10. The van der Waals surface area contributed by atoms with Crippen LogP contribution in [0.25, 0.3) is 10.9 Å². The topological polar surface area (TPSA) is 45.2 Å². The Bertz CT molecular complexity index is 749. The summed E-state index contributed by atoms with van der Waals surface area (Å²) in [6, 6.07) is 8.52. The molecule has 2 unspecified atom stereocenters. The number of nitrogens with zero attached hydrogens (tertiary/aromatic N) is 2. The van der Waals surface area contributed by atoms with Crippen LogP contribution in [0, 0.1) is 5.92 Å². The summed E-state index contributed by atoms with van der Waals surface area (Å²) in [5.74, 6) is 0.262. The fraction of sp³-hybridized carbons (Fsp3) is 0.500. The molecule has 4 nitrogen and oxygen atoms in total. The van der Waals surface area contributed by atoms with Gasteiger partial charge in [0.2, 0.25) is 5.91 Å². The molecule has 0 saturated carbocycles. The number of rotatable bonds is 5. The lowest BCUT2D eigenvalue weighted by molar-refractivity contribution is -0.125. The van der Waals surface area contributed by atoms with Gasteiger partial charge in [-0.25, -0.2) is 0 Å². The molecule has 25 heavy (non-hydrogen) atoms. The Hall–Kier alpha value is -1.62. The fourth-order valence-electron chi connectivity index (χ4n) is 3.66. The molecule has 0 radical (unpaired) electrons. The number of carbonyl (C=O) groups excluding carboxylic acids is 1. The van der Waals surface area contributed by atoms with Crippen molar-refractivity contribution >= 4 is 38.4 Å². The maximum absolute atomic E-state index is 12.6. The number of aromatic nitrogens is 1. The molecule has 3 rings (SSSR count). The van der Waals surface area contributed by atoms with Gasteiger partial charge in [0.25, 0.3) is 0 Å². The molecule has 5 heteroatoms. The van der Waals surface area contributed by atoms with Gasteiger partial charge in [0.05, 0.1) is 11.4 Å². The van der Waals surface area contributed by atoms with Gasteiger partial charge in [-0.3, -0.25) is 9.78 Å². The summed E-state index contributed by atoms with van der Waals surface area (Å²) < 4.78 is 1.03. The second-order valence-electron chi connectivity index (χ2n) is 6.98. The Balaban J connectivity index is 1.76. The van der Waals surface area contributed by atoms with Crippen molar-refractivity contribution in [3.63, 3.8) is 0 Å². The molecule has 0 spiro atoms. The van der Waals surface area contributed by atoms with Gasteiger partial charge in [0, 0.05) is 40.9 Å². The quantitative estimate of drug-likeness (QED) is 0.797. The van der Waals surface area contributed by atoms with E-state index in [1.165, 1.54) is 5.69 Å². The highest BCUT2D eigenvalue weighted by Crippen LogP contribution is 2.30. The summed E-state index contributed by atoms with van der Waals surface area (Å²) in [5, 5.41) is 4.33. The van der Waals surface area contributed by atoms with Crippen LogP contribution in [0.15, 0.2) is 34.9 Å². The molecule has 0 bridgehead atoms. The second kappa shape index (κ2) is 8.17. The van der Waals surface area contributed by atoms with Crippen LogP contribution in [0.2, 0.25) is 0 Å². The van der Waals surface area contributed by atoms with Crippen LogP contribution < -0.4 is 10.2 Å². The first kappa shape index (κ1) is 18.2. The average molecular weight is 404 g/mol. The van der Waals surface area contributed by atoms with E-state index in [-0.39, 0.29) is 17.9 Å². The Morgan fingerprint density at radius 3 is 3.08 bits per heavy atom. The van der Waals surface area contributed by atoms with E-state index < -0.39 is 0 Å². The van der Waals surface area contributed by atoms with Gasteiger partial charge in [-0.15, -0.1) is 0 Å². The highest BCUT2D eigenvalue weighted by Gasteiger charge is 2.27. The number of halogens is 1.